The van der Waals surface area contributed by atoms with Crippen LogP contribution in [0.5, 0.6) is 23.3 Å². The minimum Gasteiger partial charge on any atom is -0.497 e. The number of nitrogens with zero attached hydrogens (tertiary/aromatic N) is 6. The maximum atomic E-state index is 13.5. The molecule has 7 aromatic rings. The predicted molar refractivity (Wildman–Crippen MR) is 220 cm³/mol. The summed E-state index contributed by atoms with van der Waals surface area (Å²) in [5.74, 6) is 3.10. The SMILES string of the molecule is CCCCc1cc(NC(=O)Nc2ccc(Oc3ccnc(Nc4ccc5[nH]nc(OCCN6CCOCC6)c5c4)n3)c3ccccc23)n(-c2ccc(OC)cc2)n1. The van der Waals surface area contributed by atoms with E-state index in [4.69, 9.17) is 24.0 Å². The highest BCUT2D eigenvalue weighted by molar-refractivity contribution is 6.07. The van der Waals surface area contributed by atoms with Gasteiger partial charge in [-0.25, -0.2) is 14.5 Å². The highest BCUT2D eigenvalue weighted by Crippen LogP contribution is 2.35. The van der Waals surface area contributed by atoms with Crippen molar-refractivity contribution in [1.82, 2.24) is 34.8 Å². The fourth-order valence-corrected chi connectivity index (χ4v) is 6.63. The number of hydrogen-bond donors (Lipinski definition) is 4. The van der Waals surface area contributed by atoms with Crippen molar-refractivity contribution in [3.05, 3.63) is 103 Å². The molecule has 8 rings (SSSR count). The van der Waals surface area contributed by atoms with Crippen molar-refractivity contribution in [2.75, 3.05) is 62.5 Å². The van der Waals surface area contributed by atoms with E-state index in [1.54, 1.807) is 24.1 Å². The first-order valence-corrected chi connectivity index (χ1v) is 19.0. The molecule has 15 nitrogen and oxygen atoms in total. The molecule has 1 saturated heterocycles. The lowest BCUT2D eigenvalue weighted by Crippen LogP contribution is -2.38. The van der Waals surface area contributed by atoms with E-state index in [1.807, 2.05) is 84.9 Å². The molecule has 1 fully saturated rings. The van der Waals surface area contributed by atoms with Gasteiger partial charge in [0.2, 0.25) is 17.7 Å². The average molecular weight is 769 g/mol. The third-order valence-corrected chi connectivity index (χ3v) is 9.62. The Morgan fingerprint density at radius 1 is 0.930 bits per heavy atom. The maximum Gasteiger partial charge on any atom is 0.324 e. The number of urea groups is 1. The third kappa shape index (κ3) is 8.90. The molecule has 0 aliphatic carbocycles. The van der Waals surface area contributed by atoms with Gasteiger partial charge in [0.25, 0.3) is 0 Å². The van der Waals surface area contributed by atoms with Crippen LogP contribution >= 0.6 is 0 Å². The summed E-state index contributed by atoms with van der Waals surface area (Å²) in [6, 6.07) is 27.9. The molecule has 0 spiro atoms. The number of unbranched alkanes of at least 4 members (excludes halogenated alkanes) is 1. The Hall–Kier alpha value is -6.71. The largest absolute Gasteiger partial charge is 0.497 e. The van der Waals surface area contributed by atoms with Crippen molar-refractivity contribution in [2.45, 2.75) is 26.2 Å². The number of carbonyl (C=O) groups is 1. The number of amides is 2. The van der Waals surface area contributed by atoms with Gasteiger partial charge < -0.3 is 29.6 Å². The fourth-order valence-electron chi connectivity index (χ4n) is 6.63. The fraction of sp³-hybridized carbons (Fsp3) is 0.262. The number of hydrogen-bond acceptors (Lipinski definition) is 11. The number of aromatic amines is 1. The van der Waals surface area contributed by atoms with Crippen LogP contribution in [0.25, 0.3) is 27.4 Å². The quantitative estimate of drug-likeness (QED) is 0.0800. The van der Waals surface area contributed by atoms with E-state index >= 15 is 0 Å². The minimum atomic E-state index is -0.405. The molecule has 4 N–H and O–H groups in total. The van der Waals surface area contributed by atoms with Crippen LogP contribution in [0.15, 0.2) is 97.2 Å². The molecule has 0 bridgehead atoms. The van der Waals surface area contributed by atoms with E-state index < -0.39 is 6.03 Å². The van der Waals surface area contributed by atoms with E-state index in [0.29, 0.717) is 41.6 Å². The molecule has 0 saturated carbocycles. The van der Waals surface area contributed by atoms with E-state index in [-0.39, 0.29) is 0 Å². The van der Waals surface area contributed by atoms with Crippen LogP contribution in [0.3, 0.4) is 0 Å². The lowest BCUT2D eigenvalue weighted by Gasteiger charge is -2.26. The first-order valence-electron chi connectivity index (χ1n) is 19.0. The summed E-state index contributed by atoms with van der Waals surface area (Å²) in [7, 11) is 1.63. The molecular formula is C42H44N10O5. The highest BCUT2D eigenvalue weighted by Gasteiger charge is 2.17. The number of nitrogens with one attached hydrogen (secondary N) is 4. The zero-order valence-corrected chi connectivity index (χ0v) is 31.8. The monoisotopic (exact) mass is 768 g/mol. The van der Waals surface area contributed by atoms with Gasteiger partial charge in [0.1, 0.15) is 23.9 Å². The van der Waals surface area contributed by atoms with Gasteiger partial charge in [0.05, 0.1) is 48.3 Å². The number of anilines is 4. The van der Waals surface area contributed by atoms with Gasteiger partial charge in [-0.2, -0.15) is 10.1 Å². The lowest BCUT2D eigenvalue weighted by atomic mass is 10.1. The van der Waals surface area contributed by atoms with Gasteiger partial charge in [0.15, 0.2) is 0 Å². The zero-order chi connectivity index (χ0) is 39.0. The Morgan fingerprint density at radius 2 is 1.77 bits per heavy atom. The predicted octanol–water partition coefficient (Wildman–Crippen LogP) is 7.93. The van der Waals surface area contributed by atoms with Gasteiger partial charge >= 0.3 is 6.03 Å². The topological polar surface area (TPSA) is 166 Å². The number of benzene rings is 4. The van der Waals surface area contributed by atoms with Crippen molar-refractivity contribution in [2.24, 2.45) is 0 Å². The maximum absolute atomic E-state index is 13.5. The number of fused-ring (bicyclic) bond motifs is 2. The molecular weight excluding hydrogens is 725 g/mol. The van der Waals surface area contributed by atoms with Crippen LogP contribution in [0.1, 0.15) is 25.5 Å². The Morgan fingerprint density at radius 3 is 2.60 bits per heavy atom. The van der Waals surface area contributed by atoms with Crippen LogP contribution in [0.2, 0.25) is 0 Å². The number of carbonyl (C=O) groups excluding carboxylic acids is 1. The number of aromatic nitrogens is 6. The van der Waals surface area contributed by atoms with Crippen LogP contribution in [-0.2, 0) is 11.2 Å². The number of H-pyrrole nitrogens is 1. The van der Waals surface area contributed by atoms with Gasteiger partial charge in [-0.3, -0.25) is 15.3 Å². The Bertz CT molecular complexity index is 2460. The van der Waals surface area contributed by atoms with Gasteiger partial charge in [-0.15, -0.1) is 5.10 Å². The Kier molecular flexibility index (Phi) is 11.4. The van der Waals surface area contributed by atoms with E-state index in [0.717, 1.165) is 96.6 Å². The number of methoxy groups -OCH3 is 1. The molecule has 1 aliphatic rings. The summed E-state index contributed by atoms with van der Waals surface area (Å²) in [6.45, 7) is 6.77. The van der Waals surface area contributed by atoms with Gasteiger partial charge in [-0.1, -0.05) is 37.6 Å². The van der Waals surface area contributed by atoms with Crippen molar-refractivity contribution >= 4 is 50.8 Å². The molecule has 3 aromatic heterocycles. The summed E-state index contributed by atoms with van der Waals surface area (Å²) < 4.78 is 24.9. The standard InChI is InChI=1S/C42H44N10O5/c1-3-4-7-29-27-38(52(50-29)30-11-13-31(54-2)14-12-30)46-42(53)45-35-16-17-37(33-9-6-5-8-32(33)35)57-39-18-19-43-41(47-39)44-28-10-15-36-34(26-28)40(49-48-36)56-25-22-51-20-23-55-24-21-51/h5-6,8-19,26-27H,3-4,7,20-25H2,1-2H3,(H,48,49)(H,43,44,47)(H2,45,46,53). The second-order valence-corrected chi connectivity index (χ2v) is 13.5. The molecule has 15 heteroatoms. The van der Waals surface area contributed by atoms with Gasteiger partial charge in [-0.05, 0) is 67.4 Å². The van der Waals surface area contributed by atoms with Crippen LogP contribution in [0, 0.1) is 0 Å². The molecule has 0 atom stereocenters. The molecule has 57 heavy (non-hydrogen) atoms. The zero-order valence-electron chi connectivity index (χ0n) is 31.8. The van der Waals surface area contributed by atoms with Crippen LogP contribution in [0.4, 0.5) is 27.9 Å². The minimum absolute atomic E-state index is 0.346. The second-order valence-electron chi connectivity index (χ2n) is 13.5. The van der Waals surface area contributed by atoms with Crippen LogP contribution in [-0.4, -0.2) is 87.4 Å². The molecule has 0 radical (unpaired) electrons. The molecule has 2 amide bonds. The summed E-state index contributed by atoms with van der Waals surface area (Å²) in [5.41, 5.74) is 3.94. The summed E-state index contributed by atoms with van der Waals surface area (Å²) in [6.07, 6.45) is 4.47. The lowest BCUT2D eigenvalue weighted by molar-refractivity contribution is 0.0321. The molecule has 4 heterocycles. The van der Waals surface area contributed by atoms with Crippen molar-refractivity contribution in [3.63, 3.8) is 0 Å². The summed E-state index contributed by atoms with van der Waals surface area (Å²) in [5, 5.41) is 24.0. The summed E-state index contributed by atoms with van der Waals surface area (Å²) in [4.78, 5) is 24.9. The first kappa shape index (κ1) is 37.2. The van der Waals surface area contributed by atoms with E-state index in [2.05, 4.69) is 47.9 Å². The first-order chi connectivity index (χ1) is 28.0. The van der Waals surface area contributed by atoms with Crippen molar-refractivity contribution < 1.29 is 23.7 Å². The molecule has 0 unspecified atom stereocenters. The number of ether oxygens (including phenoxy) is 4. The van der Waals surface area contributed by atoms with E-state index in [9.17, 15) is 4.79 Å². The van der Waals surface area contributed by atoms with Crippen LogP contribution < -0.4 is 30.2 Å². The third-order valence-electron chi connectivity index (χ3n) is 9.62. The smallest absolute Gasteiger partial charge is 0.324 e. The summed E-state index contributed by atoms with van der Waals surface area (Å²) >= 11 is 0. The average Bonchev–Trinajstić information content (AvgIpc) is 3.84. The highest BCUT2D eigenvalue weighted by atomic mass is 16.5. The molecule has 1 aliphatic heterocycles. The van der Waals surface area contributed by atoms with Crippen molar-refractivity contribution in [1.29, 1.82) is 0 Å². The number of aryl methyl sites for hydroxylation is 1. The van der Waals surface area contributed by atoms with Crippen molar-refractivity contribution in [3.8, 4) is 28.9 Å². The molecule has 4 aromatic carbocycles. The molecule has 292 valence electrons. The van der Waals surface area contributed by atoms with E-state index in [1.165, 1.54) is 0 Å². The normalized spacial score (nSPS) is 13.1. The number of morpholine rings is 1. The van der Waals surface area contributed by atoms with Gasteiger partial charge in [0, 0.05) is 54.4 Å². The second kappa shape index (κ2) is 17.4. The number of rotatable bonds is 15. The Balaban J connectivity index is 0.951. The Labute approximate surface area is 329 Å².